The van der Waals surface area contributed by atoms with Gasteiger partial charge in [0.2, 0.25) is 5.91 Å². The van der Waals surface area contributed by atoms with Gasteiger partial charge >= 0.3 is 0 Å². The summed E-state index contributed by atoms with van der Waals surface area (Å²) in [5.41, 5.74) is 0.745. The van der Waals surface area contributed by atoms with Crippen LogP contribution in [0.3, 0.4) is 0 Å². The maximum atomic E-state index is 14.4. The van der Waals surface area contributed by atoms with E-state index in [2.05, 4.69) is 10.4 Å². The van der Waals surface area contributed by atoms with Crippen LogP contribution in [0.2, 0.25) is 0 Å². The second kappa shape index (κ2) is 8.74. The van der Waals surface area contributed by atoms with Crippen LogP contribution in [-0.4, -0.2) is 46.1 Å². The van der Waals surface area contributed by atoms with Crippen molar-refractivity contribution in [3.8, 4) is 16.3 Å². The minimum Gasteiger partial charge on any atom is -0.351 e. The molecule has 0 bridgehead atoms. The SMILES string of the molecule is O=C(NCCCN1CCCC1=O)c1cc(-c2cccs2)n(-c2ccc(F)cc2F)n1. The van der Waals surface area contributed by atoms with E-state index >= 15 is 0 Å². The number of hydrogen-bond acceptors (Lipinski definition) is 4. The molecule has 3 heterocycles. The lowest BCUT2D eigenvalue weighted by Crippen LogP contribution is -2.30. The Morgan fingerprint density at radius 2 is 2.10 bits per heavy atom. The molecule has 0 spiro atoms. The van der Waals surface area contributed by atoms with E-state index < -0.39 is 11.6 Å². The number of carbonyl (C=O) groups excluding carboxylic acids is 2. The Bertz CT molecular complexity index is 1070. The number of amides is 2. The first-order chi connectivity index (χ1) is 14.5. The largest absolute Gasteiger partial charge is 0.351 e. The number of carbonyl (C=O) groups is 2. The van der Waals surface area contributed by atoms with Crippen LogP contribution < -0.4 is 5.32 Å². The lowest BCUT2D eigenvalue weighted by atomic mass is 10.2. The summed E-state index contributed by atoms with van der Waals surface area (Å²) in [7, 11) is 0. The summed E-state index contributed by atoms with van der Waals surface area (Å²) in [5, 5.41) is 8.94. The smallest absolute Gasteiger partial charge is 0.271 e. The van der Waals surface area contributed by atoms with Crippen LogP contribution in [0.5, 0.6) is 0 Å². The number of hydrogen-bond donors (Lipinski definition) is 1. The number of benzene rings is 1. The highest BCUT2D eigenvalue weighted by Gasteiger charge is 2.21. The van der Waals surface area contributed by atoms with E-state index in [1.54, 1.807) is 11.0 Å². The molecule has 2 aromatic heterocycles. The lowest BCUT2D eigenvalue weighted by molar-refractivity contribution is -0.127. The zero-order valence-corrected chi connectivity index (χ0v) is 16.9. The Morgan fingerprint density at radius 3 is 2.80 bits per heavy atom. The Kier molecular flexibility index (Phi) is 5.89. The van der Waals surface area contributed by atoms with Gasteiger partial charge in [-0.3, -0.25) is 9.59 Å². The van der Waals surface area contributed by atoms with Crippen molar-refractivity contribution in [1.29, 1.82) is 0 Å². The third-order valence-corrected chi connectivity index (χ3v) is 5.81. The summed E-state index contributed by atoms with van der Waals surface area (Å²) in [6.07, 6.45) is 2.12. The van der Waals surface area contributed by atoms with Crippen LogP contribution in [0, 0.1) is 11.6 Å². The molecule has 30 heavy (non-hydrogen) atoms. The highest BCUT2D eigenvalue weighted by atomic mass is 32.1. The molecular formula is C21H20F2N4O2S. The topological polar surface area (TPSA) is 67.2 Å². The molecule has 0 saturated carbocycles. The molecule has 1 aliphatic heterocycles. The number of nitrogens with zero attached hydrogens (tertiary/aromatic N) is 3. The summed E-state index contributed by atoms with van der Waals surface area (Å²) >= 11 is 1.43. The number of thiophene rings is 1. The van der Waals surface area contributed by atoms with Gasteiger partial charge in [0, 0.05) is 32.1 Å². The molecule has 9 heteroatoms. The van der Waals surface area contributed by atoms with E-state index in [1.807, 2.05) is 17.5 Å². The molecule has 1 aromatic carbocycles. The van der Waals surface area contributed by atoms with Gasteiger partial charge in [0.15, 0.2) is 11.5 Å². The second-order valence-electron chi connectivity index (χ2n) is 6.99. The van der Waals surface area contributed by atoms with Gasteiger partial charge in [-0.15, -0.1) is 11.3 Å². The minimum absolute atomic E-state index is 0.0615. The first kappa shape index (κ1) is 20.2. The molecule has 0 radical (unpaired) electrons. The number of halogens is 2. The van der Waals surface area contributed by atoms with Gasteiger partial charge in [0.25, 0.3) is 5.91 Å². The molecule has 4 rings (SSSR count). The number of rotatable bonds is 7. The van der Waals surface area contributed by atoms with Crippen LogP contribution in [-0.2, 0) is 4.79 Å². The molecule has 0 unspecified atom stereocenters. The fraction of sp³-hybridized carbons (Fsp3) is 0.286. The first-order valence-corrected chi connectivity index (χ1v) is 10.6. The zero-order valence-electron chi connectivity index (χ0n) is 16.1. The molecule has 0 atom stereocenters. The highest BCUT2D eigenvalue weighted by molar-refractivity contribution is 7.13. The monoisotopic (exact) mass is 430 g/mol. The Hall–Kier alpha value is -3.07. The third kappa shape index (κ3) is 4.25. The predicted molar refractivity (Wildman–Crippen MR) is 110 cm³/mol. The molecule has 156 valence electrons. The fourth-order valence-electron chi connectivity index (χ4n) is 3.43. The van der Waals surface area contributed by atoms with Crippen LogP contribution in [0.4, 0.5) is 8.78 Å². The molecular weight excluding hydrogens is 410 g/mol. The van der Waals surface area contributed by atoms with Crippen LogP contribution in [0.25, 0.3) is 16.3 Å². The van der Waals surface area contributed by atoms with E-state index in [4.69, 9.17) is 0 Å². The molecule has 1 N–H and O–H groups in total. The van der Waals surface area contributed by atoms with E-state index in [0.717, 1.165) is 30.0 Å². The van der Waals surface area contributed by atoms with E-state index in [1.165, 1.54) is 22.1 Å². The van der Waals surface area contributed by atoms with E-state index in [9.17, 15) is 18.4 Å². The van der Waals surface area contributed by atoms with Gasteiger partial charge in [-0.05, 0) is 42.5 Å². The highest BCUT2D eigenvalue weighted by Crippen LogP contribution is 2.29. The van der Waals surface area contributed by atoms with Gasteiger partial charge in [0.05, 0.1) is 10.6 Å². The minimum atomic E-state index is -0.766. The van der Waals surface area contributed by atoms with Gasteiger partial charge < -0.3 is 10.2 Å². The molecule has 1 fully saturated rings. The average Bonchev–Trinajstić information content (AvgIpc) is 3.46. The Balaban J connectivity index is 1.50. The fourth-order valence-corrected chi connectivity index (χ4v) is 4.16. The van der Waals surface area contributed by atoms with E-state index in [0.29, 0.717) is 31.6 Å². The molecule has 0 aliphatic carbocycles. The molecule has 1 saturated heterocycles. The van der Waals surface area contributed by atoms with Crippen molar-refractivity contribution in [3.63, 3.8) is 0 Å². The van der Waals surface area contributed by atoms with Crippen LogP contribution in [0.1, 0.15) is 29.8 Å². The van der Waals surface area contributed by atoms with Crippen molar-refractivity contribution in [3.05, 3.63) is 59.1 Å². The maximum Gasteiger partial charge on any atom is 0.271 e. The summed E-state index contributed by atoms with van der Waals surface area (Å²) in [6, 6.07) is 8.51. The quantitative estimate of drug-likeness (QED) is 0.582. The van der Waals surface area contributed by atoms with Crippen LogP contribution >= 0.6 is 11.3 Å². The van der Waals surface area contributed by atoms with E-state index in [-0.39, 0.29) is 23.2 Å². The van der Waals surface area contributed by atoms with Crippen molar-refractivity contribution in [2.75, 3.05) is 19.6 Å². The summed E-state index contributed by atoms with van der Waals surface area (Å²) in [5.74, 6) is -1.68. The van der Waals surface area contributed by atoms with Gasteiger partial charge in [-0.25, -0.2) is 13.5 Å². The molecule has 6 nitrogen and oxygen atoms in total. The number of likely N-dealkylation sites (tertiary alicyclic amines) is 1. The maximum absolute atomic E-state index is 14.4. The van der Waals surface area contributed by atoms with Crippen LogP contribution in [0.15, 0.2) is 41.8 Å². The molecule has 3 aromatic rings. The summed E-state index contributed by atoms with van der Waals surface area (Å²) < 4.78 is 29.0. The molecule has 1 aliphatic rings. The predicted octanol–water partition coefficient (Wildman–Crippen LogP) is 3.62. The van der Waals surface area contributed by atoms with Gasteiger partial charge in [-0.2, -0.15) is 5.10 Å². The van der Waals surface area contributed by atoms with Crippen molar-refractivity contribution in [1.82, 2.24) is 20.0 Å². The summed E-state index contributed by atoms with van der Waals surface area (Å²) in [6.45, 7) is 1.77. The average molecular weight is 430 g/mol. The summed E-state index contributed by atoms with van der Waals surface area (Å²) in [4.78, 5) is 26.8. The van der Waals surface area contributed by atoms with Crippen molar-refractivity contribution in [2.45, 2.75) is 19.3 Å². The lowest BCUT2D eigenvalue weighted by Gasteiger charge is -2.15. The van der Waals surface area contributed by atoms with Gasteiger partial charge in [0.1, 0.15) is 11.5 Å². The first-order valence-electron chi connectivity index (χ1n) is 9.68. The Morgan fingerprint density at radius 1 is 1.23 bits per heavy atom. The second-order valence-corrected chi connectivity index (χ2v) is 7.94. The zero-order chi connectivity index (χ0) is 21.1. The van der Waals surface area contributed by atoms with Crippen molar-refractivity contribution in [2.24, 2.45) is 0 Å². The normalized spacial score (nSPS) is 13.8. The molecule has 2 amide bonds. The van der Waals surface area contributed by atoms with Crippen molar-refractivity contribution < 1.29 is 18.4 Å². The van der Waals surface area contributed by atoms with Crippen molar-refractivity contribution >= 4 is 23.2 Å². The number of aromatic nitrogens is 2. The number of nitrogens with one attached hydrogen (secondary N) is 1. The standard InChI is InChI=1S/C21H20F2N4O2S/c22-14-6-7-17(15(23)12-14)27-18(19-4-2-11-30-19)13-16(25-27)21(29)24-8-3-10-26-9-1-5-20(26)28/h2,4,6-7,11-13H,1,3,5,8-10H2,(H,24,29). The third-order valence-electron chi connectivity index (χ3n) is 4.92. The van der Waals surface area contributed by atoms with Gasteiger partial charge in [-0.1, -0.05) is 6.07 Å². The Labute approximate surface area is 176 Å².